The summed E-state index contributed by atoms with van der Waals surface area (Å²) in [4.78, 5) is 25.2. The first kappa shape index (κ1) is 22.8. The van der Waals surface area contributed by atoms with Gasteiger partial charge in [0.05, 0.1) is 6.04 Å². The third kappa shape index (κ3) is 4.45. The first-order valence-corrected chi connectivity index (χ1v) is 11.5. The number of nitrogen functional groups attached to an aromatic ring is 1. The van der Waals surface area contributed by atoms with E-state index in [2.05, 4.69) is 48.4 Å². The summed E-state index contributed by atoms with van der Waals surface area (Å²) in [6.07, 6.45) is 8.98. The van der Waals surface area contributed by atoms with Gasteiger partial charge in [0.15, 0.2) is 11.5 Å². The predicted octanol–water partition coefficient (Wildman–Crippen LogP) is 3.55. The van der Waals surface area contributed by atoms with Crippen molar-refractivity contribution in [2.75, 3.05) is 30.4 Å². The van der Waals surface area contributed by atoms with Gasteiger partial charge < -0.3 is 15.4 Å². The SMILES string of the molecule is C\C=C(C)/C=C1/C(=C(\C)CC)OCCONC(=O)c2c(N)nn3ccc(nc23)N2CCCC12. The molecule has 0 saturated carbocycles. The zero-order valence-corrected chi connectivity index (χ0v) is 19.7. The summed E-state index contributed by atoms with van der Waals surface area (Å²) < 4.78 is 7.81. The van der Waals surface area contributed by atoms with Gasteiger partial charge in [0.25, 0.3) is 5.91 Å². The van der Waals surface area contributed by atoms with Crippen molar-refractivity contribution < 1.29 is 14.4 Å². The number of aromatic nitrogens is 3. The van der Waals surface area contributed by atoms with Crippen LogP contribution in [0.4, 0.5) is 11.6 Å². The second-order valence-electron chi connectivity index (χ2n) is 8.39. The van der Waals surface area contributed by atoms with Gasteiger partial charge >= 0.3 is 0 Å². The van der Waals surface area contributed by atoms with Crippen LogP contribution in [0.15, 0.2) is 46.9 Å². The van der Waals surface area contributed by atoms with E-state index >= 15 is 0 Å². The number of hydrogen-bond donors (Lipinski definition) is 2. The van der Waals surface area contributed by atoms with Gasteiger partial charge in [0, 0.05) is 18.3 Å². The topological polar surface area (TPSA) is 107 Å². The molecule has 4 heterocycles. The highest BCUT2D eigenvalue weighted by Crippen LogP contribution is 2.35. The van der Waals surface area contributed by atoms with Gasteiger partial charge in [-0.15, -0.1) is 5.10 Å². The molecule has 0 aromatic carbocycles. The van der Waals surface area contributed by atoms with Crippen LogP contribution in [0.5, 0.6) is 0 Å². The number of ether oxygens (including phenoxy) is 1. The van der Waals surface area contributed by atoms with Crippen LogP contribution in [0.2, 0.25) is 0 Å². The summed E-state index contributed by atoms with van der Waals surface area (Å²) in [7, 11) is 0. The Morgan fingerprint density at radius 2 is 2.18 bits per heavy atom. The van der Waals surface area contributed by atoms with Crippen molar-refractivity contribution in [1.29, 1.82) is 0 Å². The van der Waals surface area contributed by atoms with Gasteiger partial charge in [-0.3, -0.25) is 9.63 Å². The normalized spacial score (nSPS) is 22.8. The third-order valence-electron chi connectivity index (χ3n) is 6.25. The molecule has 2 aromatic rings. The number of hydroxylamine groups is 1. The molecule has 1 fully saturated rings. The van der Waals surface area contributed by atoms with Crippen LogP contribution in [0, 0.1) is 0 Å². The minimum atomic E-state index is -0.480. The minimum Gasteiger partial charge on any atom is -0.491 e. The number of amides is 1. The van der Waals surface area contributed by atoms with E-state index in [0.29, 0.717) is 12.3 Å². The van der Waals surface area contributed by atoms with Crippen molar-refractivity contribution in [2.24, 2.45) is 0 Å². The Morgan fingerprint density at radius 1 is 1.36 bits per heavy atom. The number of hydrogen-bond acceptors (Lipinski definition) is 7. The molecule has 2 aliphatic heterocycles. The zero-order valence-electron chi connectivity index (χ0n) is 19.7. The summed E-state index contributed by atoms with van der Waals surface area (Å²) >= 11 is 0. The molecule has 176 valence electrons. The standard InChI is InChI=1S/C24H32N6O3/c1-5-15(3)14-17-18-8-7-10-29(18)19-9-11-30-23(26-19)20(22(25)27-30)24(31)28-33-13-12-32-21(17)16(4)6-2/h5,9,11,14,18H,6-8,10,12-13H2,1-4H3,(H2,25,27)(H,28,31)/b15-5-,17-14+,21-16-. The Bertz CT molecular complexity index is 1150. The van der Waals surface area contributed by atoms with E-state index in [1.165, 1.54) is 15.7 Å². The molecule has 1 unspecified atom stereocenters. The number of anilines is 2. The average molecular weight is 453 g/mol. The smallest absolute Gasteiger partial charge is 0.282 e. The Labute approximate surface area is 193 Å². The van der Waals surface area contributed by atoms with E-state index in [1.54, 1.807) is 6.20 Å². The van der Waals surface area contributed by atoms with Gasteiger partial charge in [0.1, 0.15) is 30.4 Å². The fourth-order valence-corrected chi connectivity index (χ4v) is 4.29. The number of nitrogens with two attached hydrogens (primary N) is 1. The number of carbonyl (C=O) groups excluding carboxylic acids is 1. The molecule has 0 spiro atoms. The molecule has 3 N–H and O–H groups in total. The molecule has 2 aromatic heterocycles. The Morgan fingerprint density at radius 3 is 2.94 bits per heavy atom. The molecule has 2 aliphatic rings. The second-order valence-corrected chi connectivity index (χ2v) is 8.39. The first-order chi connectivity index (χ1) is 15.9. The van der Waals surface area contributed by atoms with Crippen molar-refractivity contribution in [1.82, 2.24) is 20.1 Å². The molecule has 1 atom stereocenters. The summed E-state index contributed by atoms with van der Waals surface area (Å²) in [5.41, 5.74) is 12.6. The highest BCUT2D eigenvalue weighted by atomic mass is 16.7. The van der Waals surface area contributed by atoms with E-state index in [4.69, 9.17) is 20.3 Å². The highest BCUT2D eigenvalue weighted by Gasteiger charge is 2.33. The molecule has 0 aliphatic carbocycles. The summed E-state index contributed by atoms with van der Waals surface area (Å²) in [5.74, 6) is 1.29. The van der Waals surface area contributed by atoms with Crippen LogP contribution >= 0.6 is 0 Å². The maximum absolute atomic E-state index is 12.8. The fraction of sp³-hybridized carbons (Fsp3) is 0.458. The second kappa shape index (κ2) is 9.66. The average Bonchev–Trinajstić information content (AvgIpc) is 3.42. The lowest BCUT2D eigenvalue weighted by molar-refractivity contribution is 0.0115. The Hall–Kier alpha value is -3.33. The van der Waals surface area contributed by atoms with E-state index in [-0.39, 0.29) is 24.0 Å². The van der Waals surface area contributed by atoms with Crippen LogP contribution in [0.25, 0.3) is 5.65 Å². The lowest BCUT2D eigenvalue weighted by Crippen LogP contribution is -2.34. The highest BCUT2D eigenvalue weighted by molar-refractivity contribution is 6.03. The number of rotatable bonds is 2. The van der Waals surface area contributed by atoms with Crippen LogP contribution in [-0.4, -0.2) is 46.3 Å². The number of nitrogens with zero attached hydrogens (tertiary/aromatic N) is 4. The molecule has 1 amide bonds. The quantitative estimate of drug-likeness (QED) is 0.717. The van der Waals surface area contributed by atoms with Crippen LogP contribution in [0.1, 0.15) is 57.3 Å². The van der Waals surface area contributed by atoms with Gasteiger partial charge in [-0.05, 0) is 51.7 Å². The maximum atomic E-state index is 12.8. The van der Waals surface area contributed by atoms with Crippen LogP contribution < -0.4 is 16.1 Å². The van der Waals surface area contributed by atoms with Crippen LogP contribution in [-0.2, 0) is 9.57 Å². The largest absolute Gasteiger partial charge is 0.491 e. The van der Waals surface area contributed by atoms with Crippen molar-refractivity contribution in [3.63, 3.8) is 0 Å². The Kier molecular flexibility index (Phi) is 6.69. The minimum absolute atomic E-state index is 0.0905. The van der Waals surface area contributed by atoms with Crippen molar-refractivity contribution >= 4 is 23.2 Å². The molecular formula is C24H32N6O3. The van der Waals surface area contributed by atoms with E-state index in [1.807, 2.05) is 13.0 Å². The zero-order chi connectivity index (χ0) is 23.5. The molecule has 2 bridgehead atoms. The molecule has 4 rings (SSSR count). The van der Waals surface area contributed by atoms with E-state index < -0.39 is 5.91 Å². The summed E-state index contributed by atoms with van der Waals surface area (Å²) in [6, 6.07) is 2.01. The molecule has 33 heavy (non-hydrogen) atoms. The van der Waals surface area contributed by atoms with Gasteiger partial charge in [-0.2, -0.15) is 0 Å². The summed E-state index contributed by atoms with van der Waals surface area (Å²) in [6.45, 7) is 9.71. The van der Waals surface area contributed by atoms with E-state index in [9.17, 15) is 4.79 Å². The summed E-state index contributed by atoms with van der Waals surface area (Å²) in [5, 5.41) is 4.24. The number of carbonyl (C=O) groups is 1. The predicted molar refractivity (Wildman–Crippen MR) is 128 cm³/mol. The van der Waals surface area contributed by atoms with Gasteiger partial charge in [-0.25, -0.2) is 15.0 Å². The number of fused-ring (bicyclic) bond motifs is 3. The van der Waals surface area contributed by atoms with Crippen molar-refractivity contribution in [2.45, 2.75) is 53.0 Å². The third-order valence-corrected chi connectivity index (χ3v) is 6.25. The molecular weight excluding hydrogens is 420 g/mol. The van der Waals surface area contributed by atoms with Gasteiger partial charge in [-0.1, -0.05) is 24.6 Å². The molecule has 9 heteroatoms. The van der Waals surface area contributed by atoms with Gasteiger partial charge in [0.2, 0.25) is 0 Å². The Balaban J connectivity index is 1.90. The first-order valence-electron chi connectivity index (χ1n) is 11.5. The molecule has 1 saturated heterocycles. The van der Waals surface area contributed by atoms with Crippen molar-refractivity contribution in [3.8, 4) is 0 Å². The number of allylic oxidation sites excluding steroid dienone is 4. The van der Waals surface area contributed by atoms with E-state index in [0.717, 1.165) is 43.0 Å². The lowest BCUT2D eigenvalue weighted by atomic mass is 9.96. The monoisotopic (exact) mass is 452 g/mol. The fourth-order valence-electron chi connectivity index (χ4n) is 4.29. The van der Waals surface area contributed by atoms with Crippen LogP contribution in [0.3, 0.4) is 0 Å². The molecule has 9 nitrogen and oxygen atoms in total. The number of nitrogens with one attached hydrogen (secondary N) is 1. The van der Waals surface area contributed by atoms with Crippen molar-refractivity contribution in [3.05, 3.63) is 52.5 Å². The maximum Gasteiger partial charge on any atom is 0.282 e. The lowest BCUT2D eigenvalue weighted by Gasteiger charge is -2.30. The molecule has 0 radical (unpaired) electrons.